The molecule has 0 amide bonds. The summed E-state index contributed by atoms with van der Waals surface area (Å²) in [7, 11) is 0. The molecule has 0 bridgehead atoms. The van der Waals surface area contributed by atoms with Crippen molar-refractivity contribution >= 4 is 11.4 Å². The van der Waals surface area contributed by atoms with Gasteiger partial charge in [0.15, 0.2) is 0 Å². The van der Waals surface area contributed by atoms with Gasteiger partial charge in [-0.2, -0.15) is 5.11 Å². The zero-order chi connectivity index (χ0) is 12.3. The van der Waals surface area contributed by atoms with E-state index in [9.17, 15) is 14.7 Å². The third kappa shape index (κ3) is 2.46. The molecule has 0 aliphatic rings. The summed E-state index contributed by atoms with van der Waals surface area (Å²) >= 11 is 0. The molecule has 17 heavy (non-hydrogen) atoms. The maximum Gasteiger partial charge on any atom is 0.328 e. The molecule has 0 radical (unpaired) electrons. The second kappa shape index (κ2) is 4.44. The number of H-pyrrole nitrogens is 2. The molecule has 2 aromatic rings. The van der Waals surface area contributed by atoms with Crippen molar-refractivity contribution in [3.8, 4) is 5.88 Å². The number of hydrogen-bond donors (Lipinski definition) is 3. The molecular weight excluding hydrogens is 224 g/mol. The molecule has 0 spiro atoms. The van der Waals surface area contributed by atoms with Crippen LogP contribution in [0.15, 0.2) is 50.1 Å². The number of aromatic hydroxyl groups is 1. The molecule has 0 aliphatic carbocycles. The fraction of sp³-hybridized carbons (Fsp3) is 0. The Morgan fingerprint density at radius 3 is 2.35 bits per heavy atom. The SMILES string of the molecule is O=c1[nH]c(O)c(N=Nc2ccccc2)c(=O)[nH]1. The van der Waals surface area contributed by atoms with E-state index in [1.54, 1.807) is 24.3 Å². The van der Waals surface area contributed by atoms with Crippen LogP contribution in [0.2, 0.25) is 0 Å². The molecule has 7 heteroatoms. The second-order valence-electron chi connectivity index (χ2n) is 3.14. The maximum atomic E-state index is 11.3. The van der Waals surface area contributed by atoms with E-state index in [0.29, 0.717) is 5.69 Å². The van der Waals surface area contributed by atoms with E-state index in [-0.39, 0.29) is 5.69 Å². The predicted octanol–water partition coefficient (Wildman–Crippen LogP) is 1.18. The first-order chi connectivity index (χ1) is 8.16. The van der Waals surface area contributed by atoms with Gasteiger partial charge in [-0.15, -0.1) is 5.11 Å². The summed E-state index contributed by atoms with van der Waals surface area (Å²) in [5.74, 6) is -0.613. The highest BCUT2D eigenvalue weighted by Crippen LogP contribution is 2.19. The van der Waals surface area contributed by atoms with Gasteiger partial charge >= 0.3 is 5.69 Å². The van der Waals surface area contributed by atoms with E-state index >= 15 is 0 Å². The van der Waals surface area contributed by atoms with Crippen LogP contribution >= 0.6 is 0 Å². The van der Waals surface area contributed by atoms with Gasteiger partial charge in [0, 0.05) is 0 Å². The number of aromatic amines is 2. The Hall–Kier alpha value is -2.70. The Morgan fingerprint density at radius 2 is 1.71 bits per heavy atom. The zero-order valence-electron chi connectivity index (χ0n) is 8.54. The average Bonchev–Trinajstić information content (AvgIpc) is 2.29. The van der Waals surface area contributed by atoms with Crippen LogP contribution in [0.3, 0.4) is 0 Å². The van der Waals surface area contributed by atoms with Crippen LogP contribution in [-0.4, -0.2) is 15.1 Å². The molecule has 1 heterocycles. The molecule has 0 saturated heterocycles. The van der Waals surface area contributed by atoms with Crippen molar-refractivity contribution < 1.29 is 5.11 Å². The molecule has 0 aliphatic heterocycles. The topological polar surface area (TPSA) is 111 Å². The Bertz CT molecular complexity index is 657. The van der Waals surface area contributed by atoms with E-state index in [1.807, 2.05) is 16.0 Å². The Labute approximate surface area is 94.5 Å². The number of benzene rings is 1. The minimum atomic E-state index is -0.800. The second-order valence-corrected chi connectivity index (χ2v) is 3.14. The highest BCUT2D eigenvalue weighted by molar-refractivity contribution is 5.44. The summed E-state index contributed by atoms with van der Waals surface area (Å²) in [5.41, 5.74) is -1.41. The number of nitrogens with one attached hydrogen (secondary N) is 2. The number of aromatic nitrogens is 2. The van der Waals surface area contributed by atoms with E-state index < -0.39 is 17.1 Å². The number of rotatable bonds is 2. The van der Waals surface area contributed by atoms with Crippen LogP contribution < -0.4 is 11.2 Å². The molecule has 86 valence electrons. The number of nitrogens with zero attached hydrogens (tertiary/aromatic N) is 2. The summed E-state index contributed by atoms with van der Waals surface area (Å²) in [6.45, 7) is 0. The Kier molecular flexibility index (Phi) is 2.82. The standard InChI is InChI=1S/C10H8N4O3/c15-8-7(9(16)12-10(17)11-8)14-13-6-4-2-1-3-5-6/h1-5H,(H3,11,12,15,16,17). The van der Waals surface area contributed by atoms with Crippen LogP contribution in [0.25, 0.3) is 0 Å². The van der Waals surface area contributed by atoms with Crippen molar-refractivity contribution in [1.29, 1.82) is 0 Å². The molecule has 2 rings (SSSR count). The third-order valence-electron chi connectivity index (χ3n) is 1.92. The van der Waals surface area contributed by atoms with Gasteiger partial charge in [-0.05, 0) is 12.1 Å². The lowest BCUT2D eigenvalue weighted by Gasteiger charge is -1.94. The van der Waals surface area contributed by atoms with Gasteiger partial charge in [-0.25, -0.2) is 4.79 Å². The normalized spacial score (nSPS) is 10.8. The summed E-state index contributed by atoms with van der Waals surface area (Å²) in [6, 6.07) is 8.68. The third-order valence-corrected chi connectivity index (χ3v) is 1.92. The number of azo groups is 1. The van der Waals surface area contributed by atoms with Gasteiger partial charge in [0.2, 0.25) is 11.6 Å². The van der Waals surface area contributed by atoms with E-state index in [4.69, 9.17) is 0 Å². The molecule has 0 saturated carbocycles. The summed E-state index contributed by atoms with van der Waals surface area (Å²) in [4.78, 5) is 26.0. The van der Waals surface area contributed by atoms with Crippen LogP contribution in [0.1, 0.15) is 0 Å². The molecule has 1 aromatic heterocycles. The lowest BCUT2D eigenvalue weighted by atomic mass is 10.3. The van der Waals surface area contributed by atoms with Gasteiger partial charge in [0.25, 0.3) is 5.56 Å². The zero-order valence-corrected chi connectivity index (χ0v) is 8.54. The van der Waals surface area contributed by atoms with Gasteiger partial charge in [0.1, 0.15) is 0 Å². The van der Waals surface area contributed by atoms with Crippen LogP contribution in [0, 0.1) is 0 Å². The molecule has 0 atom stereocenters. The van der Waals surface area contributed by atoms with Gasteiger partial charge in [-0.3, -0.25) is 14.8 Å². The van der Waals surface area contributed by atoms with Crippen molar-refractivity contribution in [3.63, 3.8) is 0 Å². The minimum Gasteiger partial charge on any atom is -0.493 e. The Morgan fingerprint density at radius 1 is 1.00 bits per heavy atom. The molecule has 1 aromatic carbocycles. The highest BCUT2D eigenvalue weighted by atomic mass is 16.3. The number of hydrogen-bond acceptors (Lipinski definition) is 5. The predicted molar refractivity (Wildman–Crippen MR) is 60.0 cm³/mol. The largest absolute Gasteiger partial charge is 0.493 e. The molecule has 7 nitrogen and oxygen atoms in total. The van der Waals surface area contributed by atoms with Crippen molar-refractivity contribution in [2.45, 2.75) is 0 Å². The first kappa shape index (κ1) is 10.8. The first-order valence-electron chi connectivity index (χ1n) is 4.69. The minimum absolute atomic E-state index is 0.339. The quantitative estimate of drug-likeness (QED) is 0.676. The summed E-state index contributed by atoms with van der Waals surface area (Å²) < 4.78 is 0. The summed E-state index contributed by atoms with van der Waals surface area (Å²) in [5, 5.41) is 16.6. The maximum absolute atomic E-state index is 11.3. The molecule has 0 unspecified atom stereocenters. The lowest BCUT2D eigenvalue weighted by molar-refractivity contribution is 0.450. The van der Waals surface area contributed by atoms with E-state index in [1.165, 1.54) is 0 Å². The first-order valence-corrected chi connectivity index (χ1v) is 4.69. The smallest absolute Gasteiger partial charge is 0.328 e. The van der Waals surface area contributed by atoms with Gasteiger partial charge < -0.3 is 5.11 Å². The monoisotopic (exact) mass is 232 g/mol. The van der Waals surface area contributed by atoms with Gasteiger partial charge in [-0.1, -0.05) is 18.2 Å². The van der Waals surface area contributed by atoms with Gasteiger partial charge in [0.05, 0.1) is 5.69 Å². The van der Waals surface area contributed by atoms with Crippen molar-refractivity contribution in [2.24, 2.45) is 10.2 Å². The van der Waals surface area contributed by atoms with E-state index in [2.05, 4.69) is 10.2 Å². The fourth-order valence-electron chi connectivity index (χ4n) is 1.16. The fourth-order valence-corrected chi connectivity index (χ4v) is 1.16. The molecule has 3 N–H and O–H groups in total. The summed E-state index contributed by atoms with van der Waals surface area (Å²) in [6.07, 6.45) is 0. The molecular formula is C10H8N4O3. The molecule has 0 fully saturated rings. The van der Waals surface area contributed by atoms with E-state index in [0.717, 1.165) is 0 Å². The van der Waals surface area contributed by atoms with Crippen molar-refractivity contribution in [2.75, 3.05) is 0 Å². The Balaban J connectivity index is 2.41. The lowest BCUT2D eigenvalue weighted by Crippen LogP contribution is -2.20. The van der Waals surface area contributed by atoms with Crippen molar-refractivity contribution in [3.05, 3.63) is 51.2 Å². The van der Waals surface area contributed by atoms with Crippen LogP contribution in [-0.2, 0) is 0 Å². The van der Waals surface area contributed by atoms with Crippen molar-refractivity contribution in [1.82, 2.24) is 9.97 Å². The van der Waals surface area contributed by atoms with Crippen LogP contribution in [0.5, 0.6) is 5.88 Å². The average molecular weight is 232 g/mol. The van der Waals surface area contributed by atoms with Crippen LogP contribution in [0.4, 0.5) is 11.4 Å². The highest BCUT2D eigenvalue weighted by Gasteiger charge is 2.06.